The molecular weight excluding hydrogens is 239 g/mol. The quantitative estimate of drug-likeness (QED) is 0.759. The van der Waals surface area contributed by atoms with Gasteiger partial charge in [-0.1, -0.05) is 6.42 Å². The number of rotatable bonds is 6. The molecule has 2 rings (SSSR count). The van der Waals surface area contributed by atoms with Crippen LogP contribution in [0.3, 0.4) is 0 Å². The van der Waals surface area contributed by atoms with Crippen LogP contribution < -0.4 is 5.32 Å². The largest absolute Gasteiger partial charge is 0.389 e. The minimum absolute atomic E-state index is 0.214. The second-order valence-corrected chi connectivity index (χ2v) is 6.25. The number of hydrogen-bond donors (Lipinski definition) is 1. The predicted molar refractivity (Wildman–Crippen MR) is 66.3 cm³/mol. The van der Waals surface area contributed by atoms with Crippen LogP contribution in [0.25, 0.3) is 0 Å². The average Bonchev–Trinajstić information content (AvgIpc) is 2.86. The molecule has 0 saturated heterocycles. The Hall–Kier alpha value is -0.250. The molecule has 106 valence electrons. The van der Waals surface area contributed by atoms with Gasteiger partial charge in [0.15, 0.2) is 0 Å². The molecule has 0 aliphatic heterocycles. The van der Waals surface area contributed by atoms with E-state index < -0.39 is 12.6 Å². The molecule has 0 amide bonds. The Morgan fingerprint density at radius 2 is 2.00 bits per heavy atom. The van der Waals surface area contributed by atoms with Gasteiger partial charge < -0.3 is 5.32 Å². The van der Waals surface area contributed by atoms with Gasteiger partial charge in [0.1, 0.15) is 0 Å². The molecule has 4 heteroatoms. The van der Waals surface area contributed by atoms with Gasteiger partial charge in [-0.25, -0.2) is 0 Å². The predicted octanol–water partition coefficient (Wildman–Crippen LogP) is 4.13. The SMILES string of the molecule is CC(CCCC(F)(F)F)NCC1CC2CCC1C2. The van der Waals surface area contributed by atoms with Crippen LogP contribution in [0.5, 0.6) is 0 Å². The molecule has 0 radical (unpaired) electrons. The van der Waals surface area contributed by atoms with Crippen LogP contribution in [-0.2, 0) is 0 Å². The van der Waals surface area contributed by atoms with Crippen molar-refractivity contribution in [3.63, 3.8) is 0 Å². The van der Waals surface area contributed by atoms with Crippen molar-refractivity contribution in [2.24, 2.45) is 17.8 Å². The van der Waals surface area contributed by atoms with Gasteiger partial charge in [-0.3, -0.25) is 0 Å². The lowest BCUT2D eigenvalue weighted by molar-refractivity contribution is -0.135. The van der Waals surface area contributed by atoms with E-state index in [2.05, 4.69) is 5.32 Å². The van der Waals surface area contributed by atoms with Crippen molar-refractivity contribution in [1.29, 1.82) is 0 Å². The van der Waals surface area contributed by atoms with E-state index in [-0.39, 0.29) is 12.5 Å². The smallest absolute Gasteiger partial charge is 0.314 e. The number of fused-ring (bicyclic) bond motifs is 2. The summed E-state index contributed by atoms with van der Waals surface area (Å²) in [5.74, 6) is 2.63. The van der Waals surface area contributed by atoms with Crippen LogP contribution in [0.1, 0.15) is 51.9 Å². The monoisotopic (exact) mass is 263 g/mol. The van der Waals surface area contributed by atoms with Crippen molar-refractivity contribution in [3.8, 4) is 0 Å². The molecule has 2 bridgehead atoms. The topological polar surface area (TPSA) is 12.0 Å². The highest BCUT2D eigenvalue weighted by Crippen LogP contribution is 2.47. The highest BCUT2D eigenvalue weighted by atomic mass is 19.4. The van der Waals surface area contributed by atoms with Crippen molar-refractivity contribution in [1.82, 2.24) is 5.32 Å². The van der Waals surface area contributed by atoms with E-state index in [1.165, 1.54) is 25.7 Å². The zero-order chi connectivity index (χ0) is 13.2. The fourth-order valence-electron chi connectivity index (χ4n) is 3.69. The van der Waals surface area contributed by atoms with Crippen LogP contribution in [0, 0.1) is 17.8 Å². The van der Waals surface area contributed by atoms with E-state index >= 15 is 0 Å². The maximum absolute atomic E-state index is 12.0. The first-order chi connectivity index (χ1) is 8.44. The molecule has 0 aromatic carbocycles. The van der Waals surface area contributed by atoms with E-state index in [1.54, 1.807) is 0 Å². The second kappa shape index (κ2) is 5.81. The van der Waals surface area contributed by atoms with Crippen molar-refractivity contribution in [2.75, 3.05) is 6.54 Å². The van der Waals surface area contributed by atoms with Gasteiger partial charge in [0.25, 0.3) is 0 Å². The van der Waals surface area contributed by atoms with Gasteiger partial charge in [-0.2, -0.15) is 13.2 Å². The van der Waals surface area contributed by atoms with Crippen molar-refractivity contribution in [2.45, 2.75) is 64.1 Å². The van der Waals surface area contributed by atoms with Gasteiger partial charge in [0, 0.05) is 12.5 Å². The van der Waals surface area contributed by atoms with Gasteiger partial charge >= 0.3 is 6.18 Å². The summed E-state index contributed by atoms with van der Waals surface area (Å²) in [6.45, 7) is 3.01. The lowest BCUT2D eigenvalue weighted by Crippen LogP contribution is -2.33. The lowest BCUT2D eigenvalue weighted by atomic mass is 9.88. The summed E-state index contributed by atoms with van der Waals surface area (Å²) in [6.07, 6.45) is 1.75. The van der Waals surface area contributed by atoms with Crippen molar-refractivity contribution in [3.05, 3.63) is 0 Å². The Morgan fingerprint density at radius 3 is 2.56 bits per heavy atom. The fraction of sp³-hybridized carbons (Fsp3) is 1.00. The van der Waals surface area contributed by atoms with Crippen LogP contribution >= 0.6 is 0 Å². The third-order valence-electron chi connectivity index (χ3n) is 4.71. The zero-order valence-corrected chi connectivity index (χ0v) is 11.1. The molecule has 18 heavy (non-hydrogen) atoms. The average molecular weight is 263 g/mol. The van der Waals surface area contributed by atoms with E-state index in [9.17, 15) is 13.2 Å². The van der Waals surface area contributed by atoms with Gasteiger partial charge in [0.05, 0.1) is 0 Å². The van der Waals surface area contributed by atoms with Gasteiger partial charge in [-0.05, 0) is 63.3 Å². The highest BCUT2D eigenvalue weighted by Gasteiger charge is 2.39. The molecule has 0 spiro atoms. The van der Waals surface area contributed by atoms with E-state index in [1.807, 2.05) is 6.92 Å². The first kappa shape index (κ1) is 14.2. The van der Waals surface area contributed by atoms with Crippen LogP contribution in [-0.4, -0.2) is 18.8 Å². The minimum Gasteiger partial charge on any atom is -0.314 e. The van der Waals surface area contributed by atoms with Gasteiger partial charge in [0.2, 0.25) is 0 Å². The highest BCUT2D eigenvalue weighted by molar-refractivity contribution is 4.91. The van der Waals surface area contributed by atoms with Crippen LogP contribution in [0.4, 0.5) is 13.2 Å². The molecule has 2 saturated carbocycles. The van der Waals surface area contributed by atoms with Crippen LogP contribution in [0.15, 0.2) is 0 Å². The maximum Gasteiger partial charge on any atom is 0.389 e. The number of hydrogen-bond acceptors (Lipinski definition) is 1. The standard InChI is InChI=1S/C14H24F3N/c1-10(3-2-6-14(15,16)17)18-9-13-8-11-4-5-12(13)7-11/h10-13,18H,2-9H2,1H3. The molecule has 0 aromatic rings. The lowest BCUT2D eigenvalue weighted by Gasteiger charge is -2.24. The molecule has 0 heterocycles. The summed E-state index contributed by atoms with van der Waals surface area (Å²) in [5.41, 5.74) is 0. The summed E-state index contributed by atoms with van der Waals surface area (Å²) in [6, 6.07) is 0.214. The maximum atomic E-state index is 12.0. The fourth-order valence-corrected chi connectivity index (χ4v) is 3.69. The summed E-state index contributed by atoms with van der Waals surface area (Å²) in [7, 11) is 0. The summed E-state index contributed by atoms with van der Waals surface area (Å²) in [5, 5.41) is 3.43. The first-order valence-corrected chi connectivity index (χ1v) is 7.24. The Balaban J connectivity index is 1.56. The minimum atomic E-state index is -4.00. The first-order valence-electron chi connectivity index (χ1n) is 7.24. The summed E-state index contributed by atoms with van der Waals surface area (Å²) >= 11 is 0. The zero-order valence-electron chi connectivity index (χ0n) is 11.1. The molecule has 0 aromatic heterocycles. The molecule has 4 unspecified atom stereocenters. The number of nitrogens with one attached hydrogen (secondary N) is 1. The molecule has 2 aliphatic rings. The third-order valence-corrected chi connectivity index (χ3v) is 4.71. The summed E-state index contributed by atoms with van der Waals surface area (Å²) < 4.78 is 36.1. The number of halogens is 3. The van der Waals surface area contributed by atoms with Crippen LogP contribution in [0.2, 0.25) is 0 Å². The molecular formula is C14H24F3N. The Morgan fingerprint density at radius 1 is 1.22 bits per heavy atom. The Labute approximate surface area is 108 Å². The third kappa shape index (κ3) is 4.15. The molecule has 1 nitrogen and oxygen atoms in total. The Bertz CT molecular complexity index is 264. The van der Waals surface area contributed by atoms with E-state index in [4.69, 9.17) is 0 Å². The molecule has 4 atom stereocenters. The van der Waals surface area contributed by atoms with E-state index in [0.717, 1.165) is 24.3 Å². The Kier molecular flexibility index (Phi) is 4.57. The van der Waals surface area contributed by atoms with Crippen molar-refractivity contribution >= 4 is 0 Å². The van der Waals surface area contributed by atoms with Gasteiger partial charge in [-0.15, -0.1) is 0 Å². The normalized spacial score (nSPS) is 33.0. The summed E-state index contributed by atoms with van der Waals surface area (Å²) in [4.78, 5) is 0. The van der Waals surface area contributed by atoms with Crippen molar-refractivity contribution < 1.29 is 13.2 Å². The molecule has 1 N–H and O–H groups in total. The molecule has 2 fully saturated rings. The van der Waals surface area contributed by atoms with E-state index in [0.29, 0.717) is 6.42 Å². The number of alkyl halides is 3. The second-order valence-electron chi connectivity index (χ2n) is 6.25. The molecule has 2 aliphatic carbocycles.